The Bertz CT molecular complexity index is 216. The summed E-state index contributed by atoms with van der Waals surface area (Å²) in [4.78, 5) is 13.8. The van der Waals surface area contributed by atoms with Crippen LogP contribution in [0.5, 0.6) is 0 Å². The third kappa shape index (κ3) is 4.52. The topological polar surface area (TPSA) is 46.3 Å². The van der Waals surface area contributed by atoms with Crippen molar-refractivity contribution in [3.05, 3.63) is 0 Å². The van der Waals surface area contributed by atoms with Crippen molar-refractivity contribution in [2.24, 2.45) is 11.7 Å². The van der Waals surface area contributed by atoms with Crippen LogP contribution in [0.1, 0.15) is 26.2 Å². The van der Waals surface area contributed by atoms with Crippen molar-refractivity contribution in [1.29, 1.82) is 0 Å². The number of hydrogen-bond acceptors (Lipinski definition) is 3. The van der Waals surface area contributed by atoms with E-state index in [1.54, 1.807) is 11.8 Å². The van der Waals surface area contributed by atoms with E-state index in [1.807, 2.05) is 11.2 Å². The molecule has 1 rings (SSSR count). The van der Waals surface area contributed by atoms with Crippen LogP contribution >= 0.6 is 24.2 Å². The van der Waals surface area contributed by atoms with E-state index < -0.39 is 0 Å². The van der Waals surface area contributed by atoms with Gasteiger partial charge in [-0.2, -0.15) is 11.8 Å². The minimum atomic E-state index is -0.284. The minimum absolute atomic E-state index is 0. The molecule has 1 saturated heterocycles. The fraction of sp³-hybridized carbons (Fsp3) is 0.909. The summed E-state index contributed by atoms with van der Waals surface area (Å²) in [6.07, 6.45) is 5.16. The first-order chi connectivity index (χ1) is 7.19. The molecule has 0 spiro atoms. The molecular weight excluding hydrogens is 244 g/mol. The van der Waals surface area contributed by atoms with Crippen molar-refractivity contribution in [2.75, 3.05) is 25.1 Å². The van der Waals surface area contributed by atoms with Gasteiger partial charge < -0.3 is 10.6 Å². The van der Waals surface area contributed by atoms with Crippen molar-refractivity contribution in [3.63, 3.8) is 0 Å². The largest absolute Gasteiger partial charge is 0.341 e. The molecule has 0 aromatic heterocycles. The Morgan fingerprint density at radius 2 is 2.31 bits per heavy atom. The van der Waals surface area contributed by atoms with Crippen molar-refractivity contribution in [1.82, 2.24) is 4.90 Å². The fourth-order valence-electron chi connectivity index (χ4n) is 1.97. The zero-order valence-corrected chi connectivity index (χ0v) is 11.8. The Balaban J connectivity index is 0.00000225. The predicted octanol–water partition coefficient (Wildman–Crippen LogP) is 1.75. The first kappa shape index (κ1) is 16.1. The molecule has 2 N–H and O–H groups in total. The summed E-state index contributed by atoms with van der Waals surface area (Å²) >= 11 is 1.74. The molecule has 3 nitrogen and oxygen atoms in total. The van der Waals surface area contributed by atoms with Gasteiger partial charge in [0.15, 0.2) is 0 Å². The number of rotatable bonds is 5. The average molecular weight is 267 g/mol. The summed E-state index contributed by atoms with van der Waals surface area (Å²) in [7, 11) is 0. The SMILES string of the molecule is CCC1CCN(C(=O)[C@@H](N)CCSC)C1.Cl. The molecule has 0 saturated carbocycles. The summed E-state index contributed by atoms with van der Waals surface area (Å²) in [5.74, 6) is 1.82. The van der Waals surface area contributed by atoms with Crippen LogP contribution in [0.4, 0.5) is 0 Å². The smallest absolute Gasteiger partial charge is 0.239 e. The third-order valence-corrected chi connectivity index (χ3v) is 3.77. The second-order valence-electron chi connectivity index (χ2n) is 4.24. The number of nitrogens with two attached hydrogens (primary N) is 1. The number of thioether (sulfide) groups is 1. The molecule has 1 fully saturated rings. The Hall–Kier alpha value is 0.0700. The van der Waals surface area contributed by atoms with E-state index in [9.17, 15) is 4.79 Å². The zero-order valence-electron chi connectivity index (χ0n) is 10.1. The zero-order chi connectivity index (χ0) is 11.3. The number of halogens is 1. The van der Waals surface area contributed by atoms with Crippen LogP contribution in [0.25, 0.3) is 0 Å². The molecule has 2 atom stereocenters. The average Bonchev–Trinajstić information content (AvgIpc) is 2.73. The highest BCUT2D eigenvalue weighted by Crippen LogP contribution is 2.19. The number of amides is 1. The molecule has 0 aromatic rings. The molecule has 0 radical (unpaired) electrons. The summed E-state index contributed by atoms with van der Waals surface area (Å²) in [5.41, 5.74) is 5.87. The fourth-order valence-corrected chi connectivity index (χ4v) is 2.46. The number of carbonyl (C=O) groups is 1. The van der Waals surface area contributed by atoms with Gasteiger partial charge in [0, 0.05) is 13.1 Å². The molecule has 96 valence electrons. The number of nitrogens with zero attached hydrogens (tertiary/aromatic N) is 1. The lowest BCUT2D eigenvalue weighted by Crippen LogP contribution is -2.43. The predicted molar refractivity (Wildman–Crippen MR) is 73.2 cm³/mol. The second kappa shape index (κ2) is 8.20. The van der Waals surface area contributed by atoms with E-state index in [2.05, 4.69) is 6.92 Å². The van der Waals surface area contributed by atoms with E-state index in [1.165, 1.54) is 6.42 Å². The molecule has 5 heteroatoms. The Morgan fingerprint density at radius 3 is 2.81 bits per heavy atom. The lowest BCUT2D eigenvalue weighted by atomic mass is 10.1. The molecule has 0 bridgehead atoms. The van der Waals surface area contributed by atoms with E-state index in [-0.39, 0.29) is 24.4 Å². The van der Waals surface area contributed by atoms with Gasteiger partial charge in [0.25, 0.3) is 0 Å². The second-order valence-corrected chi connectivity index (χ2v) is 5.22. The molecule has 1 heterocycles. The first-order valence-electron chi connectivity index (χ1n) is 5.72. The minimum Gasteiger partial charge on any atom is -0.341 e. The van der Waals surface area contributed by atoms with E-state index in [4.69, 9.17) is 5.73 Å². The molecular formula is C11H23ClN2OS. The number of carbonyl (C=O) groups excluding carboxylic acids is 1. The normalized spacial score (nSPS) is 21.7. The summed E-state index contributed by atoms with van der Waals surface area (Å²) in [6.45, 7) is 4.01. The molecule has 1 amide bonds. The van der Waals surface area contributed by atoms with E-state index in [0.717, 1.165) is 31.7 Å². The van der Waals surface area contributed by atoms with Gasteiger partial charge >= 0.3 is 0 Å². The van der Waals surface area contributed by atoms with Crippen LogP contribution in [0.2, 0.25) is 0 Å². The van der Waals surface area contributed by atoms with Gasteiger partial charge in [0.1, 0.15) is 0 Å². The third-order valence-electron chi connectivity index (χ3n) is 3.13. The summed E-state index contributed by atoms with van der Waals surface area (Å²) in [5, 5.41) is 0. The van der Waals surface area contributed by atoms with Crippen molar-refractivity contribution in [2.45, 2.75) is 32.2 Å². The number of hydrogen-bond donors (Lipinski definition) is 1. The molecule has 0 aromatic carbocycles. The monoisotopic (exact) mass is 266 g/mol. The van der Waals surface area contributed by atoms with Gasteiger partial charge in [-0.1, -0.05) is 13.3 Å². The lowest BCUT2D eigenvalue weighted by Gasteiger charge is -2.20. The quantitative estimate of drug-likeness (QED) is 0.825. The Labute approximate surface area is 109 Å². The van der Waals surface area contributed by atoms with E-state index >= 15 is 0 Å². The Kier molecular flexibility index (Phi) is 8.24. The van der Waals surface area contributed by atoms with Gasteiger partial charge in [-0.3, -0.25) is 4.79 Å². The number of likely N-dealkylation sites (tertiary alicyclic amines) is 1. The highest BCUT2D eigenvalue weighted by molar-refractivity contribution is 7.98. The van der Waals surface area contributed by atoms with Crippen molar-refractivity contribution in [3.8, 4) is 0 Å². The van der Waals surface area contributed by atoms with Gasteiger partial charge in [-0.15, -0.1) is 12.4 Å². The van der Waals surface area contributed by atoms with Gasteiger partial charge in [0.2, 0.25) is 5.91 Å². The molecule has 1 aliphatic rings. The highest BCUT2D eigenvalue weighted by Gasteiger charge is 2.27. The maximum atomic E-state index is 11.9. The summed E-state index contributed by atoms with van der Waals surface area (Å²) < 4.78 is 0. The maximum absolute atomic E-state index is 11.9. The summed E-state index contributed by atoms with van der Waals surface area (Å²) in [6, 6.07) is -0.284. The van der Waals surface area contributed by atoms with Crippen LogP contribution in [0.15, 0.2) is 0 Å². The van der Waals surface area contributed by atoms with Crippen LogP contribution < -0.4 is 5.73 Å². The van der Waals surface area contributed by atoms with Crippen LogP contribution in [-0.2, 0) is 4.79 Å². The maximum Gasteiger partial charge on any atom is 0.239 e. The van der Waals surface area contributed by atoms with Gasteiger partial charge in [-0.25, -0.2) is 0 Å². The standard InChI is InChI=1S/C11H22N2OS.ClH/c1-3-9-4-6-13(8-9)11(14)10(12)5-7-15-2;/h9-10H,3-8,12H2,1-2H3;1H/t9?,10-;/m0./s1. The molecule has 1 unspecified atom stereocenters. The van der Waals surface area contributed by atoms with Crippen LogP contribution in [0.3, 0.4) is 0 Å². The molecule has 1 aliphatic heterocycles. The van der Waals surface area contributed by atoms with E-state index in [0.29, 0.717) is 5.92 Å². The van der Waals surface area contributed by atoms with Crippen LogP contribution in [0, 0.1) is 5.92 Å². The lowest BCUT2D eigenvalue weighted by molar-refractivity contribution is -0.131. The molecule has 0 aliphatic carbocycles. The molecule has 16 heavy (non-hydrogen) atoms. The first-order valence-corrected chi connectivity index (χ1v) is 7.11. The van der Waals surface area contributed by atoms with Crippen LogP contribution in [-0.4, -0.2) is 41.9 Å². The highest BCUT2D eigenvalue weighted by atomic mass is 35.5. The van der Waals surface area contributed by atoms with Gasteiger partial charge in [0.05, 0.1) is 6.04 Å². The van der Waals surface area contributed by atoms with Crippen molar-refractivity contribution < 1.29 is 4.79 Å². The van der Waals surface area contributed by atoms with Crippen molar-refractivity contribution >= 4 is 30.1 Å². The van der Waals surface area contributed by atoms with Gasteiger partial charge in [-0.05, 0) is 30.8 Å². The Morgan fingerprint density at radius 1 is 1.62 bits per heavy atom.